The monoisotopic (exact) mass is 256 g/mol. The molecule has 3 nitrogen and oxygen atoms in total. The Labute approximate surface area is 114 Å². The third kappa shape index (κ3) is 2.63. The highest BCUT2D eigenvalue weighted by molar-refractivity contribution is 5.94. The Hall–Kier alpha value is -1.82. The summed E-state index contributed by atoms with van der Waals surface area (Å²) in [5, 5.41) is 9.51. The van der Waals surface area contributed by atoms with E-state index in [4.69, 9.17) is 0 Å². The minimum atomic E-state index is -0.611. The summed E-state index contributed by atoms with van der Waals surface area (Å²) in [6, 6.07) is 9.92. The lowest BCUT2D eigenvalue weighted by Gasteiger charge is -2.39. The molecular formula is C16H20N2O. The van der Waals surface area contributed by atoms with Crippen LogP contribution in [0.15, 0.2) is 24.3 Å². The van der Waals surface area contributed by atoms with Crippen LogP contribution in [0, 0.1) is 18.3 Å². The number of carbonyl (C=O) groups is 1. The first-order chi connectivity index (χ1) is 9.09. The first-order valence-electron chi connectivity index (χ1n) is 6.85. The molecule has 19 heavy (non-hydrogen) atoms. The molecule has 3 heteroatoms. The van der Waals surface area contributed by atoms with Gasteiger partial charge in [0.15, 0.2) is 0 Å². The first-order valence-corrected chi connectivity index (χ1v) is 6.85. The van der Waals surface area contributed by atoms with Crippen LogP contribution in [-0.4, -0.2) is 23.4 Å². The van der Waals surface area contributed by atoms with Crippen molar-refractivity contribution in [1.82, 2.24) is 4.90 Å². The van der Waals surface area contributed by atoms with Crippen LogP contribution in [-0.2, 0) is 0 Å². The number of carbonyl (C=O) groups excluding carboxylic acids is 1. The molecule has 0 aromatic heterocycles. The molecule has 1 saturated carbocycles. The highest BCUT2D eigenvalue weighted by Crippen LogP contribution is 2.33. The summed E-state index contributed by atoms with van der Waals surface area (Å²) in [5.41, 5.74) is 1.18. The van der Waals surface area contributed by atoms with E-state index >= 15 is 0 Å². The van der Waals surface area contributed by atoms with Gasteiger partial charge in [-0.05, 0) is 31.9 Å². The van der Waals surface area contributed by atoms with Gasteiger partial charge in [0.05, 0.1) is 6.07 Å². The van der Waals surface area contributed by atoms with Crippen LogP contribution in [0.2, 0.25) is 0 Å². The molecule has 2 rings (SSSR count). The third-order valence-electron chi connectivity index (χ3n) is 4.13. The molecule has 0 unspecified atom stereocenters. The van der Waals surface area contributed by atoms with E-state index in [0.717, 1.165) is 37.7 Å². The third-order valence-corrected chi connectivity index (χ3v) is 4.13. The summed E-state index contributed by atoms with van der Waals surface area (Å²) < 4.78 is 0. The van der Waals surface area contributed by atoms with Crippen LogP contribution in [0.1, 0.15) is 48.0 Å². The molecule has 1 amide bonds. The predicted molar refractivity (Wildman–Crippen MR) is 74.7 cm³/mol. The lowest BCUT2D eigenvalue weighted by atomic mass is 9.81. The Balaban J connectivity index is 2.22. The summed E-state index contributed by atoms with van der Waals surface area (Å²) in [7, 11) is 1.76. The second kappa shape index (κ2) is 5.44. The van der Waals surface area contributed by atoms with Gasteiger partial charge in [-0.3, -0.25) is 4.79 Å². The van der Waals surface area contributed by atoms with Crippen molar-refractivity contribution >= 4 is 5.91 Å². The van der Waals surface area contributed by atoms with Crippen LogP contribution >= 0.6 is 0 Å². The lowest BCUT2D eigenvalue weighted by Crippen LogP contribution is -2.49. The zero-order valence-corrected chi connectivity index (χ0v) is 11.6. The summed E-state index contributed by atoms with van der Waals surface area (Å²) >= 11 is 0. The van der Waals surface area contributed by atoms with E-state index < -0.39 is 5.54 Å². The summed E-state index contributed by atoms with van der Waals surface area (Å²) in [6.07, 6.45) is 4.79. The molecule has 0 atom stereocenters. The van der Waals surface area contributed by atoms with Crippen LogP contribution in [0.4, 0.5) is 0 Å². The molecule has 0 bridgehead atoms. The highest BCUT2D eigenvalue weighted by atomic mass is 16.2. The van der Waals surface area contributed by atoms with Crippen molar-refractivity contribution in [1.29, 1.82) is 5.26 Å². The normalized spacial score (nSPS) is 17.5. The van der Waals surface area contributed by atoms with Crippen LogP contribution < -0.4 is 0 Å². The number of hydrogen-bond donors (Lipinski definition) is 0. The Bertz CT molecular complexity index is 492. The standard InChI is InChI=1S/C16H20N2O/c1-13-6-8-14(9-7-13)15(19)18(2)16(12-17)10-4-3-5-11-16/h6-9H,3-5,10-11H2,1-2H3. The van der Waals surface area contributed by atoms with Crippen molar-refractivity contribution < 1.29 is 4.79 Å². The summed E-state index contributed by atoms with van der Waals surface area (Å²) in [6.45, 7) is 2.00. The van der Waals surface area contributed by atoms with E-state index in [1.807, 2.05) is 31.2 Å². The summed E-state index contributed by atoms with van der Waals surface area (Å²) in [4.78, 5) is 14.1. The number of rotatable bonds is 2. The number of hydrogen-bond acceptors (Lipinski definition) is 2. The van der Waals surface area contributed by atoms with Crippen molar-refractivity contribution in [3.05, 3.63) is 35.4 Å². The van der Waals surface area contributed by atoms with E-state index in [0.29, 0.717) is 5.56 Å². The van der Waals surface area contributed by atoms with Crippen molar-refractivity contribution in [2.45, 2.75) is 44.6 Å². The van der Waals surface area contributed by atoms with Crippen molar-refractivity contribution in [2.24, 2.45) is 0 Å². The molecule has 0 N–H and O–H groups in total. The van der Waals surface area contributed by atoms with Gasteiger partial charge in [-0.1, -0.05) is 37.0 Å². The quantitative estimate of drug-likeness (QED) is 0.815. The predicted octanol–water partition coefficient (Wildman–Crippen LogP) is 3.29. The van der Waals surface area contributed by atoms with Crippen molar-refractivity contribution in [2.75, 3.05) is 7.05 Å². The van der Waals surface area contributed by atoms with Gasteiger partial charge < -0.3 is 4.90 Å². The van der Waals surface area contributed by atoms with E-state index in [1.54, 1.807) is 11.9 Å². The number of aryl methyl sites for hydroxylation is 1. The fraction of sp³-hybridized carbons (Fsp3) is 0.500. The molecule has 0 spiro atoms. The number of amides is 1. The highest BCUT2D eigenvalue weighted by Gasteiger charge is 2.38. The smallest absolute Gasteiger partial charge is 0.254 e. The van der Waals surface area contributed by atoms with E-state index in [2.05, 4.69) is 6.07 Å². The molecule has 1 aromatic carbocycles. The fourth-order valence-corrected chi connectivity index (χ4v) is 2.74. The maximum Gasteiger partial charge on any atom is 0.254 e. The second-order valence-electron chi connectivity index (χ2n) is 5.43. The second-order valence-corrected chi connectivity index (χ2v) is 5.43. The molecule has 1 aromatic rings. The molecule has 0 aliphatic heterocycles. The van der Waals surface area contributed by atoms with E-state index in [-0.39, 0.29) is 5.91 Å². The van der Waals surface area contributed by atoms with Gasteiger partial charge in [0.1, 0.15) is 5.54 Å². The largest absolute Gasteiger partial charge is 0.323 e. The Morgan fingerprint density at radius 3 is 2.32 bits per heavy atom. The van der Waals surface area contributed by atoms with Gasteiger partial charge in [-0.2, -0.15) is 5.26 Å². The zero-order chi connectivity index (χ0) is 13.9. The number of nitriles is 1. The van der Waals surface area contributed by atoms with E-state index in [1.165, 1.54) is 0 Å². The van der Waals surface area contributed by atoms with Gasteiger partial charge in [0, 0.05) is 12.6 Å². The zero-order valence-electron chi connectivity index (χ0n) is 11.6. The van der Waals surface area contributed by atoms with Gasteiger partial charge >= 0.3 is 0 Å². The molecule has 1 aliphatic carbocycles. The minimum Gasteiger partial charge on any atom is -0.323 e. The molecule has 0 radical (unpaired) electrons. The maximum atomic E-state index is 12.5. The molecule has 1 aliphatic rings. The maximum absolute atomic E-state index is 12.5. The Morgan fingerprint density at radius 1 is 1.21 bits per heavy atom. The first kappa shape index (κ1) is 13.6. The average Bonchev–Trinajstić information content (AvgIpc) is 2.47. The molecular weight excluding hydrogens is 236 g/mol. The van der Waals surface area contributed by atoms with Gasteiger partial charge in [-0.15, -0.1) is 0 Å². The van der Waals surface area contributed by atoms with Crippen molar-refractivity contribution in [3.63, 3.8) is 0 Å². The Morgan fingerprint density at radius 2 is 1.79 bits per heavy atom. The van der Waals surface area contributed by atoms with Crippen LogP contribution in [0.5, 0.6) is 0 Å². The SMILES string of the molecule is Cc1ccc(C(=O)N(C)C2(C#N)CCCCC2)cc1. The Kier molecular flexibility index (Phi) is 3.90. The summed E-state index contributed by atoms with van der Waals surface area (Å²) in [5.74, 6) is -0.0524. The van der Waals surface area contributed by atoms with E-state index in [9.17, 15) is 10.1 Å². The molecule has 100 valence electrons. The average molecular weight is 256 g/mol. The topological polar surface area (TPSA) is 44.1 Å². The van der Waals surface area contributed by atoms with Gasteiger partial charge in [0.25, 0.3) is 5.91 Å². The molecule has 1 fully saturated rings. The minimum absolute atomic E-state index is 0.0524. The number of nitrogens with zero attached hydrogens (tertiary/aromatic N) is 2. The molecule has 0 saturated heterocycles. The van der Waals surface area contributed by atoms with Crippen molar-refractivity contribution in [3.8, 4) is 6.07 Å². The van der Waals surface area contributed by atoms with Gasteiger partial charge in [-0.25, -0.2) is 0 Å². The molecule has 0 heterocycles. The number of benzene rings is 1. The fourth-order valence-electron chi connectivity index (χ4n) is 2.74. The van der Waals surface area contributed by atoms with Crippen LogP contribution in [0.3, 0.4) is 0 Å². The van der Waals surface area contributed by atoms with Crippen LogP contribution in [0.25, 0.3) is 0 Å². The van der Waals surface area contributed by atoms with Gasteiger partial charge in [0.2, 0.25) is 0 Å². The lowest BCUT2D eigenvalue weighted by molar-refractivity contribution is 0.0589.